The standard InChI is InChI=1S/C35H49N5O3S.C2H6.CH2O/c1-37(2)32(41)23-39(5)18-10-11-24-19-27-20-28(43-6)15-17-29(27)34-33(25-12-8-7-9-13-25)30-16-14-26(21-31(30)40(34)22-24)35(42)36-44-38(3)4;2*1-2/h14-17,20-21,24-25H,7-13,18-19,22-23H2,1-6H3,(H,36,42);1-2H3;1H2. The van der Waals surface area contributed by atoms with Crippen LogP contribution in [0.4, 0.5) is 0 Å². The minimum absolute atomic E-state index is 0.0778. The van der Waals surface area contributed by atoms with Gasteiger partial charge >= 0.3 is 0 Å². The number of hydrogen-bond acceptors (Lipinski definition) is 7. The molecule has 2 heterocycles. The van der Waals surface area contributed by atoms with Gasteiger partial charge in [-0.3, -0.25) is 19.2 Å². The summed E-state index contributed by atoms with van der Waals surface area (Å²) in [6.07, 6.45) is 9.29. The molecule has 0 saturated heterocycles. The highest BCUT2D eigenvalue weighted by Crippen LogP contribution is 2.47. The van der Waals surface area contributed by atoms with Gasteiger partial charge in [-0.05, 0) is 113 Å². The molecule has 1 aliphatic carbocycles. The summed E-state index contributed by atoms with van der Waals surface area (Å²) < 4.78 is 13.1. The van der Waals surface area contributed by atoms with E-state index in [9.17, 15) is 9.59 Å². The van der Waals surface area contributed by atoms with Crippen LogP contribution in [0.1, 0.15) is 86.2 Å². The van der Waals surface area contributed by atoms with Gasteiger partial charge in [0.15, 0.2) is 0 Å². The summed E-state index contributed by atoms with van der Waals surface area (Å²) in [7, 11) is 11.2. The average Bonchev–Trinajstić information content (AvgIpc) is 3.32. The second kappa shape index (κ2) is 19.0. The maximum atomic E-state index is 13.2. The number of nitrogens with zero attached hydrogens (tertiary/aromatic N) is 4. The van der Waals surface area contributed by atoms with Gasteiger partial charge in [-0.1, -0.05) is 39.2 Å². The molecule has 1 unspecified atom stereocenters. The Morgan fingerprint density at radius 1 is 1.00 bits per heavy atom. The number of likely N-dealkylation sites (N-methyl/N-ethyl adjacent to an activating group) is 2. The molecule has 2 amide bonds. The van der Waals surface area contributed by atoms with Crippen molar-refractivity contribution in [3.05, 3.63) is 53.1 Å². The average molecular weight is 680 g/mol. The monoisotopic (exact) mass is 679 g/mol. The lowest BCUT2D eigenvalue weighted by molar-refractivity contribution is -0.129. The van der Waals surface area contributed by atoms with Crippen molar-refractivity contribution >= 4 is 41.6 Å². The van der Waals surface area contributed by atoms with Crippen molar-refractivity contribution in [2.45, 2.75) is 77.7 Å². The number of ether oxygens (including phenoxy) is 1. The van der Waals surface area contributed by atoms with E-state index in [2.05, 4.69) is 44.5 Å². The van der Waals surface area contributed by atoms with Crippen LogP contribution >= 0.6 is 12.1 Å². The molecular formula is C38H57N5O4S. The van der Waals surface area contributed by atoms with Gasteiger partial charge in [0.2, 0.25) is 5.91 Å². The summed E-state index contributed by atoms with van der Waals surface area (Å²) in [5.74, 6) is 1.87. The highest BCUT2D eigenvalue weighted by molar-refractivity contribution is 7.95. The Morgan fingerprint density at radius 2 is 1.71 bits per heavy atom. The Kier molecular flexibility index (Phi) is 15.5. The van der Waals surface area contributed by atoms with Crippen molar-refractivity contribution < 1.29 is 19.1 Å². The van der Waals surface area contributed by atoms with Crippen molar-refractivity contribution in [3.63, 3.8) is 0 Å². The van der Waals surface area contributed by atoms with E-state index in [0.717, 1.165) is 43.6 Å². The first kappa shape index (κ1) is 39.1. The van der Waals surface area contributed by atoms with Crippen LogP contribution in [0.15, 0.2) is 36.4 Å². The summed E-state index contributed by atoms with van der Waals surface area (Å²) in [6, 6.07) is 12.9. The molecule has 1 aliphatic heterocycles. The molecule has 0 spiro atoms. The van der Waals surface area contributed by atoms with Crippen LogP contribution in [0, 0.1) is 5.92 Å². The normalized spacial score (nSPS) is 15.8. The molecule has 0 bridgehead atoms. The molecular weight excluding hydrogens is 623 g/mol. The smallest absolute Gasteiger partial charge is 0.262 e. The summed E-state index contributed by atoms with van der Waals surface area (Å²) in [5, 5.41) is 1.29. The molecule has 1 aromatic heterocycles. The van der Waals surface area contributed by atoms with Crippen molar-refractivity contribution in [3.8, 4) is 17.0 Å². The lowest BCUT2D eigenvalue weighted by Gasteiger charge is -2.24. The third kappa shape index (κ3) is 9.64. The zero-order chi connectivity index (χ0) is 35.4. The summed E-state index contributed by atoms with van der Waals surface area (Å²) in [5.41, 5.74) is 7.28. The molecule has 5 rings (SSSR count). The largest absolute Gasteiger partial charge is 0.497 e. The molecule has 264 valence electrons. The molecule has 1 saturated carbocycles. The highest BCUT2D eigenvalue weighted by atomic mass is 32.2. The fraction of sp³-hybridized carbons (Fsp3) is 0.553. The number of carbonyl (C=O) groups is 3. The zero-order valence-electron chi connectivity index (χ0n) is 30.4. The van der Waals surface area contributed by atoms with Crippen LogP contribution in [0.25, 0.3) is 22.2 Å². The van der Waals surface area contributed by atoms with E-state index >= 15 is 0 Å². The van der Waals surface area contributed by atoms with Crippen molar-refractivity contribution in [1.82, 2.24) is 23.4 Å². The van der Waals surface area contributed by atoms with Gasteiger partial charge in [0.1, 0.15) is 12.5 Å². The highest BCUT2D eigenvalue weighted by Gasteiger charge is 2.31. The van der Waals surface area contributed by atoms with Gasteiger partial charge in [0, 0.05) is 54.8 Å². The van der Waals surface area contributed by atoms with Crippen molar-refractivity contribution in [2.75, 3.05) is 55.4 Å². The molecule has 2 aliphatic rings. The van der Waals surface area contributed by atoms with Gasteiger partial charge in [-0.25, -0.2) is 4.31 Å². The molecule has 1 N–H and O–H groups in total. The van der Waals surface area contributed by atoms with Crippen LogP contribution in [-0.2, 0) is 22.6 Å². The SMILES string of the molecule is C=O.CC.COc1ccc2c(c1)CC(CCCN(C)CC(=O)N(C)C)Cn1c-2c(C2CCCCC2)c2ccc(C(=O)NSN(C)C)cc21. The maximum absolute atomic E-state index is 13.2. The van der Waals surface area contributed by atoms with Crippen LogP contribution in [0.5, 0.6) is 5.75 Å². The number of methoxy groups -OCH3 is 1. The number of aromatic nitrogens is 1. The first-order chi connectivity index (χ1) is 23.2. The Balaban J connectivity index is 0.00000151. The number of carbonyl (C=O) groups excluding carboxylic acids is 3. The number of nitrogens with one attached hydrogen (secondary N) is 1. The Morgan fingerprint density at radius 3 is 2.35 bits per heavy atom. The number of fused-ring (bicyclic) bond motifs is 5. The van der Waals surface area contributed by atoms with Crippen molar-refractivity contribution in [2.24, 2.45) is 5.92 Å². The molecule has 1 fully saturated rings. The third-order valence-electron chi connectivity index (χ3n) is 9.27. The zero-order valence-corrected chi connectivity index (χ0v) is 31.3. The van der Waals surface area contributed by atoms with Gasteiger partial charge in [0.25, 0.3) is 5.91 Å². The second-order valence-electron chi connectivity index (χ2n) is 13.0. The lowest BCUT2D eigenvalue weighted by atomic mass is 9.81. The minimum atomic E-state index is -0.0778. The fourth-order valence-corrected chi connectivity index (χ4v) is 7.40. The Labute approximate surface area is 292 Å². The van der Waals surface area contributed by atoms with E-state index < -0.39 is 0 Å². The van der Waals surface area contributed by atoms with Crippen LogP contribution in [0.3, 0.4) is 0 Å². The van der Waals surface area contributed by atoms with Gasteiger partial charge < -0.3 is 19.0 Å². The van der Waals surface area contributed by atoms with E-state index in [1.165, 1.54) is 72.0 Å². The Bertz CT molecular complexity index is 1500. The van der Waals surface area contributed by atoms with E-state index in [1.807, 2.05) is 66.2 Å². The van der Waals surface area contributed by atoms with Crippen LogP contribution < -0.4 is 9.46 Å². The number of hydrogen-bond donors (Lipinski definition) is 1. The molecule has 1 atom stereocenters. The number of rotatable bonds is 11. The molecule has 0 radical (unpaired) electrons. The molecule has 3 aromatic rings. The van der Waals surface area contributed by atoms with E-state index in [4.69, 9.17) is 9.53 Å². The number of amides is 2. The molecule has 10 heteroatoms. The first-order valence-electron chi connectivity index (χ1n) is 17.3. The quantitative estimate of drug-likeness (QED) is 0.218. The molecule has 48 heavy (non-hydrogen) atoms. The predicted octanol–water partition coefficient (Wildman–Crippen LogP) is 7.03. The molecule has 9 nitrogen and oxygen atoms in total. The minimum Gasteiger partial charge on any atom is -0.497 e. The fourth-order valence-electron chi connectivity index (χ4n) is 7.02. The first-order valence-corrected chi connectivity index (χ1v) is 18.1. The summed E-state index contributed by atoms with van der Waals surface area (Å²) in [6.45, 7) is 8.21. The van der Waals surface area contributed by atoms with Gasteiger partial charge in [-0.15, -0.1) is 0 Å². The molecule has 2 aromatic carbocycles. The predicted molar refractivity (Wildman–Crippen MR) is 200 cm³/mol. The third-order valence-corrected chi connectivity index (χ3v) is 9.92. The lowest BCUT2D eigenvalue weighted by Crippen LogP contribution is -2.35. The Hall–Kier alpha value is -3.34. The van der Waals surface area contributed by atoms with Crippen molar-refractivity contribution in [1.29, 1.82) is 0 Å². The van der Waals surface area contributed by atoms with E-state index in [0.29, 0.717) is 23.9 Å². The second-order valence-corrected chi connectivity index (χ2v) is 14.2. The van der Waals surface area contributed by atoms with E-state index in [1.54, 1.807) is 12.0 Å². The number of benzene rings is 2. The van der Waals surface area contributed by atoms with Gasteiger partial charge in [0.05, 0.1) is 19.3 Å². The van der Waals surface area contributed by atoms with Gasteiger partial charge in [-0.2, -0.15) is 0 Å². The van der Waals surface area contributed by atoms with Crippen LogP contribution in [-0.4, -0.2) is 92.7 Å². The maximum Gasteiger partial charge on any atom is 0.262 e. The summed E-state index contributed by atoms with van der Waals surface area (Å²) >= 11 is 1.30. The van der Waals surface area contributed by atoms with Crippen LogP contribution in [0.2, 0.25) is 0 Å². The summed E-state index contributed by atoms with van der Waals surface area (Å²) in [4.78, 5) is 37.2. The topological polar surface area (TPSA) is 87.1 Å². The van der Waals surface area contributed by atoms with E-state index in [-0.39, 0.29) is 11.8 Å².